The molecule has 0 aliphatic heterocycles. The van der Waals surface area contributed by atoms with Gasteiger partial charge in [0.25, 0.3) is 0 Å². The third kappa shape index (κ3) is 1.54. The maximum Gasteiger partial charge on any atom is 0.195 e. The lowest BCUT2D eigenvalue weighted by Gasteiger charge is -1.93. The van der Waals surface area contributed by atoms with Crippen molar-refractivity contribution in [3.8, 4) is 0 Å². The van der Waals surface area contributed by atoms with Crippen LogP contribution in [0.25, 0.3) is 0 Å². The molecule has 0 saturated carbocycles. The van der Waals surface area contributed by atoms with Crippen molar-refractivity contribution in [2.45, 2.75) is 5.03 Å². The monoisotopic (exact) mass is 194 g/mol. The lowest BCUT2D eigenvalue weighted by molar-refractivity contribution is 0.599. The van der Waals surface area contributed by atoms with Crippen LogP contribution in [0.15, 0.2) is 11.4 Å². The third-order valence-electron chi connectivity index (χ3n) is 1.19. The van der Waals surface area contributed by atoms with E-state index in [1.807, 2.05) is 0 Å². The largest absolute Gasteiger partial charge is 0.324 e. The van der Waals surface area contributed by atoms with Crippen molar-refractivity contribution >= 4 is 21.4 Å². The Morgan fingerprint density at radius 3 is 2.36 bits per heavy atom. The molecular weight excluding hydrogens is 188 g/mol. The number of nitrogens with zero attached hydrogens (tertiary/aromatic N) is 2. The molecule has 0 bridgehead atoms. The standard InChI is InChI=1S/C5H7ClN2O2S/c1-8-3-7-5(4(8)6)11(2,9)10/h3H,1-2H3. The van der Waals surface area contributed by atoms with Gasteiger partial charge in [0.2, 0.25) is 0 Å². The van der Waals surface area contributed by atoms with Gasteiger partial charge in [-0.25, -0.2) is 13.4 Å². The minimum Gasteiger partial charge on any atom is -0.324 e. The number of hydrogen-bond acceptors (Lipinski definition) is 3. The zero-order chi connectivity index (χ0) is 8.65. The fraction of sp³-hybridized carbons (Fsp3) is 0.400. The first-order valence-corrected chi connectivity index (χ1v) is 5.06. The average Bonchev–Trinajstić information content (AvgIpc) is 2.11. The van der Waals surface area contributed by atoms with E-state index in [1.165, 1.54) is 10.9 Å². The number of sulfone groups is 1. The van der Waals surface area contributed by atoms with Gasteiger partial charge >= 0.3 is 0 Å². The summed E-state index contributed by atoms with van der Waals surface area (Å²) in [7, 11) is -1.65. The van der Waals surface area contributed by atoms with Gasteiger partial charge in [-0.15, -0.1) is 0 Å². The zero-order valence-corrected chi connectivity index (χ0v) is 7.65. The van der Waals surface area contributed by atoms with Gasteiger partial charge in [0.1, 0.15) is 5.15 Å². The molecule has 0 unspecified atom stereocenters. The Morgan fingerprint density at radius 1 is 1.64 bits per heavy atom. The Kier molecular flexibility index (Phi) is 1.94. The first-order valence-electron chi connectivity index (χ1n) is 2.80. The molecule has 4 nitrogen and oxygen atoms in total. The Bertz CT molecular complexity index is 368. The van der Waals surface area contributed by atoms with Gasteiger partial charge in [0.05, 0.1) is 6.33 Å². The third-order valence-corrected chi connectivity index (χ3v) is 2.74. The van der Waals surface area contributed by atoms with Gasteiger partial charge in [-0.3, -0.25) is 0 Å². The van der Waals surface area contributed by atoms with Crippen LogP contribution in [0, 0.1) is 0 Å². The number of rotatable bonds is 1. The van der Waals surface area contributed by atoms with Crippen LogP contribution in [0.1, 0.15) is 0 Å². The Balaban J connectivity index is 3.38. The molecular formula is C5H7ClN2O2S. The molecule has 0 amide bonds. The minimum absolute atomic E-state index is 0.0679. The first kappa shape index (κ1) is 8.55. The van der Waals surface area contributed by atoms with E-state index >= 15 is 0 Å². The SMILES string of the molecule is Cn1cnc(S(C)(=O)=O)c1Cl. The predicted octanol–water partition coefficient (Wildman–Crippen LogP) is 0.477. The number of aryl methyl sites for hydroxylation is 1. The van der Waals surface area contributed by atoms with Crippen LogP contribution in [-0.4, -0.2) is 24.2 Å². The molecule has 0 atom stereocenters. The Morgan fingerprint density at radius 2 is 2.18 bits per heavy atom. The summed E-state index contributed by atoms with van der Waals surface area (Å²) >= 11 is 5.61. The van der Waals surface area contributed by atoms with Crippen LogP contribution in [0.2, 0.25) is 5.15 Å². The summed E-state index contributed by atoms with van der Waals surface area (Å²) in [6, 6.07) is 0. The van der Waals surface area contributed by atoms with Crippen molar-refractivity contribution in [3.63, 3.8) is 0 Å². The van der Waals surface area contributed by atoms with Crippen LogP contribution in [-0.2, 0) is 16.9 Å². The van der Waals surface area contributed by atoms with Crippen molar-refractivity contribution in [1.29, 1.82) is 0 Å². The maximum absolute atomic E-state index is 10.9. The van der Waals surface area contributed by atoms with Crippen molar-refractivity contribution in [3.05, 3.63) is 11.5 Å². The van der Waals surface area contributed by atoms with Gasteiger partial charge in [-0.2, -0.15) is 0 Å². The lowest BCUT2D eigenvalue weighted by Crippen LogP contribution is -1.98. The van der Waals surface area contributed by atoms with Crippen LogP contribution in [0.5, 0.6) is 0 Å². The van der Waals surface area contributed by atoms with Crippen molar-refractivity contribution in [1.82, 2.24) is 9.55 Å². The summed E-state index contributed by atoms with van der Waals surface area (Å²) in [6.07, 6.45) is 2.43. The van der Waals surface area contributed by atoms with Gasteiger partial charge in [-0.05, 0) is 0 Å². The summed E-state index contributed by atoms with van der Waals surface area (Å²) in [4.78, 5) is 3.63. The molecule has 1 rings (SSSR count). The lowest BCUT2D eigenvalue weighted by atomic mass is 10.9. The van der Waals surface area contributed by atoms with E-state index in [9.17, 15) is 8.42 Å². The second-order valence-corrected chi connectivity index (χ2v) is 4.51. The molecule has 6 heteroatoms. The van der Waals surface area contributed by atoms with Crippen molar-refractivity contribution in [2.75, 3.05) is 6.26 Å². The Labute approximate surface area is 69.7 Å². The van der Waals surface area contributed by atoms with E-state index in [4.69, 9.17) is 11.6 Å². The molecule has 62 valence electrons. The average molecular weight is 195 g/mol. The normalized spacial score (nSPS) is 11.9. The van der Waals surface area contributed by atoms with E-state index in [0.29, 0.717) is 0 Å². The quantitative estimate of drug-likeness (QED) is 0.654. The van der Waals surface area contributed by atoms with Crippen LogP contribution < -0.4 is 0 Å². The molecule has 0 N–H and O–H groups in total. The van der Waals surface area contributed by atoms with E-state index in [0.717, 1.165) is 6.26 Å². The second kappa shape index (κ2) is 2.49. The van der Waals surface area contributed by atoms with E-state index in [1.54, 1.807) is 7.05 Å². The maximum atomic E-state index is 10.9. The highest BCUT2D eigenvalue weighted by Crippen LogP contribution is 2.17. The number of halogens is 1. The fourth-order valence-electron chi connectivity index (χ4n) is 0.643. The highest BCUT2D eigenvalue weighted by atomic mass is 35.5. The van der Waals surface area contributed by atoms with E-state index < -0.39 is 9.84 Å². The highest BCUT2D eigenvalue weighted by molar-refractivity contribution is 7.90. The highest BCUT2D eigenvalue weighted by Gasteiger charge is 2.16. The summed E-state index contributed by atoms with van der Waals surface area (Å²) in [5.74, 6) is 0. The molecule has 0 aliphatic carbocycles. The molecule has 0 saturated heterocycles. The van der Waals surface area contributed by atoms with Gasteiger partial charge in [-0.1, -0.05) is 11.6 Å². The fourth-order valence-corrected chi connectivity index (χ4v) is 1.84. The molecule has 0 radical (unpaired) electrons. The molecule has 1 heterocycles. The predicted molar refractivity (Wildman–Crippen MR) is 41.3 cm³/mol. The molecule has 1 aromatic rings. The minimum atomic E-state index is -3.28. The summed E-state index contributed by atoms with van der Waals surface area (Å²) in [5, 5.41) is 0.0779. The molecule has 0 spiro atoms. The zero-order valence-electron chi connectivity index (χ0n) is 6.07. The number of imidazole rings is 1. The summed E-state index contributed by atoms with van der Waals surface area (Å²) < 4.78 is 23.3. The van der Waals surface area contributed by atoms with E-state index in [2.05, 4.69) is 4.98 Å². The molecule has 0 aliphatic rings. The topological polar surface area (TPSA) is 52.0 Å². The molecule has 11 heavy (non-hydrogen) atoms. The first-order chi connectivity index (χ1) is 4.93. The number of aromatic nitrogens is 2. The van der Waals surface area contributed by atoms with Crippen LogP contribution in [0.3, 0.4) is 0 Å². The smallest absolute Gasteiger partial charge is 0.195 e. The van der Waals surface area contributed by atoms with Gasteiger partial charge in [0, 0.05) is 13.3 Å². The summed E-state index contributed by atoms with van der Waals surface area (Å²) in [5.41, 5.74) is 0. The Hall–Kier alpha value is -0.550. The van der Waals surface area contributed by atoms with Crippen LogP contribution in [0.4, 0.5) is 0 Å². The molecule has 1 aromatic heterocycles. The second-order valence-electron chi connectivity index (χ2n) is 2.22. The number of hydrogen-bond donors (Lipinski definition) is 0. The van der Waals surface area contributed by atoms with Crippen molar-refractivity contribution in [2.24, 2.45) is 7.05 Å². The summed E-state index contributed by atoms with van der Waals surface area (Å²) in [6.45, 7) is 0. The van der Waals surface area contributed by atoms with E-state index in [-0.39, 0.29) is 10.2 Å². The van der Waals surface area contributed by atoms with Crippen LogP contribution >= 0.6 is 11.6 Å². The molecule has 0 aromatic carbocycles. The van der Waals surface area contributed by atoms with Gasteiger partial charge < -0.3 is 4.57 Å². The molecule has 0 fully saturated rings. The van der Waals surface area contributed by atoms with Crippen molar-refractivity contribution < 1.29 is 8.42 Å². The van der Waals surface area contributed by atoms with Gasteiger partial charge in [0.15, 0.2) is 14.9 Å².